The average molecular weight is 528 g/mol. The van der Waals surface area contributed by atoms with E-state index in [0.29, 0.717) is 26.7 Å². The van der Waals surface area contributed by atoms with Crippen LogP contribution in [0.15, 0.2) is 101 Å². The van der Waals surface area contributed by atoms with Crippen LogP contribution in [0.1, 0.15) is 11.1 Å². The summed E-state index contributed by atoms with van der Waals surface area (Å²) in [6, 6.07) is 27.9. The molecular weight excluding hydrogens is 509 g/mol. The van der Waals surface area contributed by atoms with Gasteiger partial charge in [-0.3, -0.25) is 4.79 Å². The van der Waals surface area contributed by atoms with Crippen molar-refractivity contribution in [2.45, 2.75) is 6.54 Å². The molecular formula is C29H19Cl2N3OS. The summed E-state index contributed by atoms with van der Waals surface area (Å²) in [5.74, 6) is -0.152. The van der Waals surface area contributed by atoms with Crippen LogP contribution in [0.2, 0.25) is 10.0 Å². The Morgan fingerprint density at radius 3 is 2.53 bits per heavy atom. The molecule has 0 atom stereocenters. The molecule has 0 unspecified atom stereocenters. The van der Waals surface area contributed by atoms with Crippen molar-refractivity contribution in [3.63, 3.8) is 0 Å². The Morgan fingerprint density at radius 2 is 1.67 bits per heavy atom. The molecule has 4 aromatic carbocycles. The van der Waals surface area contributed by atoms with Crippen molar-refractivity contribution in [1.29, 1.82) is 0 Å². The highest BCUT2D eigenvalue weighted by atomic mass is 35.5. The number of hydrogen-bond acceptors (Lipinski definition) is 3. The van der Waals surface area contributed by atoms with Gasteiger partial charge in [-0.1, -0.05) is 83.9 Å². The first-order valence-electron chi connectivity index (χ1n) is 11.3. The molecule has 1 fully saturated rings. The number of para-hydroxylation sites is 1. The SMILES string of the molecule is O=C1NC(=Nc2cccc3ccccc23)S/C1=C\c1cn(Cc2ccc(Cl)c(Cl)c2)c2ccccc12. The molecule has 1 saturated heterocycles. The third-order valence-electron chi connectivity index (χ3n) is 6.08. The van der Waals surface area contributed by atoms with Crippen LogP contribution in [-0.2, 0) is 11.3 Å². The number of fused-ring (bicyclic) bond motifs is 2. The number of halogens is 2. The molecule has 1 aliphatic heterocycles. The lowest BCUT2D eigenvalue weighted by Crippen LogP contribution is -2.19. The van der Waals surface area contributed by atoms with Crippen molar-refractivity contribution >= 4 is 79.5 Å². The van der Waals surface area contributed by atoms with Gasteiger partial charge in [-0.2, -0.15) is 0 Å². The van der Waals surface area contributed by atoms with Crippen LogP contribution < -0.4 is 5.32 Å². The minimum atomic E-state index is -0.152. The molecule has 0 saturated carbocycles. The van der Waals surface area contributed by atoms with Gasteiger partial charge in [0, 0.05) is 34.6 Å². The first kappa shape index (κ1) is 22.9. The standard InChI is InChI=1S/C29H19Cl2N3OS/c30-23-13-12-18(14-24(23)31)16-34-17-20(22-9-3-4-11-26(22)34)15-27-28(35)33-29(36-27)32-25-10-5-7-19-6-1-2-8-21(19)25/h1-15,17H,16H2,(H,32,33,35)/b27-15-. The van der Waals surface area contributed by atoms with E-state index in [9.17, 15) is 4.79 Å². The van der Waals surface area contributed by atoms with Gasteiger partial charge in [0.1, 0.15) is 0 Å². The summed E-state index contributed by atoms with van der Waals surface area (Å²) in [6.45, 7) is 0.633. The fraction of sp³-hybridized carbons (Fsp3) is 0.0345. The lowest BCUT2D eigenvalue weighted by Gasteiger charge is -2.06. The molecule has 2 heterocycles. The predicted octanol–water partition coefficient (Wildman–Crippen LogP) is 8.04. The normalized spacial score (nSPS) is 15.9. The van der Waals surface area contributed by atoms with Gasteiger partial charge < -0.3 is 9.88 Å². The smallest absolute Gasteiger partial charge is 0.264 e. The molecule has 5 aromatic rings. The summed E-state index contributed by atoms with van der Waals surface area (Å²) in [5, 5.41) is 7.78. The number of thioether (sulfide) groups is 1. The minimum absolute atomic E-state index is 0.152. The van der Waals surface area contributed by atoms with E-state index in [1.165, 1.54) is 11.8 Å². The summed E-state index contributed by atoms with van der Waals surface area (Å²) in [5.41, 5.74) is 3.91. The largest absolute Gasteiger partial charge is 0.342 e. The second kappa shape index (κ2) is 9.51. The third-order valence-corrected chi connectivity index (χ3v) is 7.73. The second-order valence-electron chi connectivity index (χ2n) is 8.46. The highest BCUT2D eigenvalue weighted by Crippen LogP contribution is 2.33. The van der Waals surface area contributed by atoms with Crippen molar-refractivity contribution in [1.82, 2.24) is 9.88 Å². The number of nitrogens with one attached hydrogen (secondary N) is 1. The van der Waals surface area contributed by atoms with Gasteiger partial charge in [0.2, 0.25) is 0 Å². The Bertz CT molecular complexity index is 1720. The van der Waals surface area contributed by atoms with Gasteiger partial charge in [0.05, 0.1) is 20.6 Å². The Hall–Kier alpha value is -3.51. The summed E-state index contributed by atoms with van der Waals surface area (Å²) >= 11 is 13.7. The Labute approximate surface area is 222 Å². The minimum Gasteiger partial charge on any atom is -0.342 e. The number of hydrogen-bond donors (Lipinski definition) is 1. The number of aliphatic imine (C=N–C) groups is 1. The molecule has 7 heteroatoms. The van der Waals surface area contributed by atoms with Crippen LogP contribution in [0.25, 0.3) is 27.8 Å². The molecule has 1 aliphatic rings. The molecule has 1 aromatic heterocycles. The van der Waals surface area contributed by atoms with Gasteiger partial charge in [-0.15, -0.1) is 0 Å². The molecule has 1 N–H and O–H groups in total. The maximum atomic E-state index is 12.8. The van der Waals surface area contributed by atoms with Crippen LogP contribution in [0.4, 0.5) is 5.69 Å². The molecule has 0 bridgehead atoms. The Morgan fingerprint density at radius 1 is 0.889 bits per heavy atom. The first-order valence-corrected chi connectivity index (χ1v) is 12.9. The highest BCUT2D eigenvalue weighted by molar-refractivity contribution is 8.18. The lowest BCUT2D eigenvalue weighted by atomic mass is 10.1. The molecule has 6 rings (SSSR count). The zero-order chi connectivity index (χ0) is 24.6. The number of nitrogens with zero attached hydrogens (tertiary/aromatic N) is 2. The molecule has 1 amide bonds. The maximum Gasteiger partial charge on any atom is 0.264 e. The fourth-order valence-electron chi connectivity index (χ4n) is 4.39. The molecule has 0 aliphatic carbocycles. The summed E-state index contributed by atoms with van der Waals surface area (Å²) < 4.78 is 2.16. The number of benzene rings is 4. The van der Waals surface area contributed by atoms with Crippen molar-refractivity contribution in [3.8, 4) is 0 Å². The summed E-state index contributed by atoms with van der Waals surface area (Å²) in [4.78, 5) is 18.2. The topological polar surface area (TPSA) is 46.4 Å². The van der Waals surface area contributed by atoms with E-state index in [1.807, 2.05) is 66.7 Å². The van der Waals surface area contributed by atoms with Gasteiger partial charge >= 0.3 is 0 Å². The first-order chi connectivity index (χ1) is 17.5. The number of amidine groups is 1. The molecule has 36 heavy (non-hydrogen) atoms. The molecule has 0 radical (unpaired) electrons. The monoisotopic (exact) mass is 527 g/mol. The van der Waals surface area contributed by atoms with Gasteiger partial charge in [0.25, 0.3) is 5.91 Å². The number of amides is 1. The van der Waals surface area contributed by atoms with E-state index in [1.54, 1.807) is 0 Å². The van der Waals surface area contributed by atoms with Crippen molar-refractivity contribution in [3.05, 3.63) is 117 Å². The van der Waals surface area contributed by atoms with Crippen LogP contribution in [-0.4, -0.2) is 15.6 Å². The van der Waals surface area contributed by atoms with E-state index >= 15 is 0 Å². The summed E-state index contributed by atoms with van der Waals surface area (Å²) in [7, 11) is 0. The van der Waals surface area contributed by atoms with Crippen LogP contribution in [0, 0.1) is 0 Å². The molecule has 176 valence electrons. The van der Waals surface area contributed by atoms with Gasteiger partial charge in [-0.25, -0.2) is 4.99 Å². The second-order valence-corrected chi connectivity index (χ2v) is 10.3. The van der Waals surface area contributed by atoms with Crippen molar-refractivity contribution in [2.75, 3.05) is 0 Å². The zero-order valence-corrected chi connectivity index (χ0v) is 21.2. The van der Waals surface area contributed by atoms with E-state index in [4.69, 9.17) is 28.2 Å². The summed E-state index contributed by atoms with van der Waals surface area (Å²) in [6.07, 6.45) is 3.99. The number of carbonyl (C=O) groups excluding carboxylic acids is 1. The van der Waals surface area contributed by atoms with Gasteiger partial charge in [-0.05, 0) is 53.1 Å². The van der Waals surface area contributed by atoms with E-state index < -0.39 is 0 Å². The maximum absolute atomic E-state index is 12.8. The fourth-order valence-corrected chi connectivity index (χ4v) is 5.54. The quantitative estimate of drug-likeness (QED) is 0.240. The van der Waals surface area contributed by atoms with E-state index in [0.717, 1.165) is 38.5 Å². The average Bonchev–Trinajstić information content (AvgIpc) is 3.41. The number of carbonyl (C=O) groups is 1. The van der Waals surface area contributed by atoms with Crippen LogP contribution in [0.3, 0.4) is 0 Å². The van der Waals surface area contributed by atoms with E-state index in [2.05, 4.69) is 40.3 Å². The third kappa shape index (κ3) is 4.42. The highest BCUT2D eigenvalue weighted by Gasteiger charge is 2.24. The Balaban J connectivity index is 1.34. The van der Waals surface area contributed by atoms with E-state index in [-0.39, 0.29) is 5.91 Å². The van der Waals surface area contributed by atoms with Crippen molar-refractivity contribution < 1.29 is 4.79 Å². The van der Waals surface area contributed by atoms with Gasteiger partial charge in [0.15, 0.2) is 5.17 Å². The van der Waals surface area contributed by atoms with Crippen molar-refractivity contribution in [2.24, 2.45) is 4.99 Å². The molecule has 0 spiro atoms. The predicted molar refractivity (Wildman–Crippen MR) is 152 cm³/mol. The van der Waals surface area contributed by atoms with Crippen LogP contribution in [0.5, 0.6) is 0 Å². The Kier molecular flexibility index (Phi) is 6.05. The zero-order valence-electron chi connectivity index (χ0n) is 18.9. The molecule has 4 nitrogen and oxygen atoms in total. The number of aromatic nitrogens is 1. The van der Waals surface area contributed by atoms with Crippen LogP contribution >= 0.6 is 35.0 Å². The number of rotatable bonds is 4. The lowest BCUT2D eigenvalue weighted by molar-refractivity contribution is -0.115.